The average Bonchev–Trinajstić information content (AvgIpc) is 3.09. The van der Waals surface area contributed by atoms with Crippen LogP contribution in [-0.2, 0) is 0 Å². The molecule has 1 heterocycles. The van der Waals surface area contributed by atoms with E-state index in [1.54, 1.807) is 0 Å². The fourth-order valence-electron chi connectivity index (χ4n) is 6.79. The Bertz CT molecular complexity index is 1120. The van der Waals surface area contributed by atoms with Crippen molar-refractivity contribution in [1.82, 2.24) is 19.6 Å². The molecule has 1 aliphatic rings. The van der Waals surface area contributed by atoms with Gasteiger partial charge in [-0.3, -0.25) is 19.6 Å². The molecule has 44 heavy (non-hydrogen) atoms. The highest BCUT2D eigenvalue weighted by atomic mass is 15.3. The smallest absolute Gasteiger partial charge is 0.0320 e. The van der Waals surface area contributed by atoms with Crippen molar-refractivity contribution in [2.75, 3.05) is 52.4 Å². The van der Waals surface area contributed by atoms with Gasteiger partial charge >= 0.3 is 0 Å². The molecule has 0 bridgehead atoms. The van der Waals surface area contributed by atoms with Crippen molar-refractivity contribution in [3.05, 3.63) is 144 Å². The fraction of sp³-hybridized carbons (Fsp3) is 0.400. The molecule has 4 aromatic rings. The van der Waals surface area contributed by atoms with Crippen molar-refractivity contribution < 1.29 is 0 Å². The van der Waals surface area contributed by atoms with Crippen molar-refractivity contribution in [1.29, 1.82) is 0 Å². The summed E-state index contributed by atoms with van der Waals surface area (Å²) < 4.78 is 0. The zero-order valence-electron chi connectivity index (χ0n) is 27.3. The zero-order chi connectivity index (χ0) is 30.7. The van der Waals surface area contributed by atoms with Crippen LogP contribution in [0.1, 0.15) is 74.1 Å². The van der Waals surface area contributed by atoms with E-state index in [1.807, 2.05) is 0 Å². The van der Waals surface area contributed by atoms with Crippen LogP contribution in [0.5, 0.6) is 0 Å². The van der Waals surface area contributed by atoms with Gasteiger partial charge in [0, 0.05) is 76.5 Å². The van der Waals surface area contributed by atoms with Gasteiger partial charge in [0.2, 0.25) is 0 Å². The second kappa shape index (κ2) is 16.2. The normalized spacial score (nSPS) is 19.7. The Morgan fingerprint density at radius 2 is 0.455 bits per heavy atom. The summed E-state index contributed by atoms with van der Waals surface area (Å²) in [6, 6.07) is 45.7. The van der Waals surface area contributed by atoms with Crippen molar-refractivity contribution >= 4 is 0 Å². The van der Waals surface area contributed by atoms with E-state index in [1.165, 1.54) is 22.3 Å². The molecule has 0 saturated carbocycles. The largest absolute Gasteiger partial charge is 0.294 e. The quantitative estimate of drug-likeness (QED) is 0.205. The molecule has 4 nitrogen and oxygen atoms in total. The molecular weight excluding hydrogens is 536 g/mol. The topological polar surface area (TPSA) is 13.0 Å². The highest BCUT2D eigenvalue weighted by Gasteiger charge is 2.26. The lowest BCUT2D eigenvalue weighted by Gasteiger charge is -2.40. The van der Waals surface area contributed by atoms with Gasteiger partial charge in [-0.05, 0) is 49.9 Å². The van der Waals surface area contributed by atoms with E-state index in [4.69, 9.17) is 0 Å². The Kier molecular flexibility index (Phi) is 11.8. The summed E-state index contributed by atoms with van der Waals surface area (Å²) in [4.78, 5) is 10.9. The molecule has 5 rings (SSSR count). The van der Waals surface area contributed by atoms with Crippen LogP contribution in [-0.4, -0.2) is 72.0 Å². The Morgan fingerprint density at radius 1 is 0.295 bits per heavy atom. The van der Waals surface area contributed by atoms with Crippen LogP contribution in [0.3, 0.4) is 0 Å². The lowest BCUT2D eigenvalue weighted by atomic mass is 10.0. The molecule has 4 atom stereocenters. The third-order valence-electron chi connectivity index (χ3n) is 10.0. The molecule has 232 valence electrons. The summed E-state index contributed by atoms with van der Waals surface area (Å²) in [5.41, 5.74) is 5.58. The van der Waals surface area contributed by atoms with Gasteiger partial charge in [-0.1, -0.05) is 121 Å². The van der Waals surface area contributed by atoms with Gasteiger partial charge in [0.05, 0.1) is 0 Å². The van der Waals surface area contributed by atoms with Gasteiger partial charge in [-0.15, -0.1) is 0 Å². The lowest BCUT2D eigenvalue weighted by Crippen LogP contribution is -2.47. The number of nitrogens with zero attached hydrogens (tertiary/aromatic N) is 4. The van der Waals surface area contributed by atoms with E-state index in [9.17, 15) is 0 Å². The number of rotatable bonds is 8. The summed E-state index contributed by atoms with van der Waals surface area (Å²) >= 11 is 0. The first-order chi connectivity index (χ1) is 21.5. The second-order valence-electron chi connectivity index (χ2n) is 12.5. The maximum atomic E-state index is 2.72. The predicted octanol–water partition coefficient (Wildman–Crippen LogP) is 8.25. The van der Waals surface area contributed by atoms with E-state index < -0.39 is 0 Å². The lowest BCUT2D eigenvalue weighted by molar-refractivity contribution is 0.0783. The minimum Gasteiger partial charge on any atom is -0.294 e. The van der Waals surface area contributed by atoms with E-state index >= 15 is 0 Å². The molecule has 1 aliphatic heterocycles. The van der Waals surface area contributed by atoms with Gasteiger partial charge in [-0.25, -0.2) is 0 Å². The van der Waals surface area contributed by atoms with Crippen molar-refractivity contribution in [2.45, 2.75) is 51.9 Å². The minimum absolute atomic E-state index is 0.358. The summed E-state index contributed by atoms with van der Waals surface area (Å²) in [6.07, 6.45) is 0. The molecule has 0 N–H and O–H groups in total. The van der Waals surface area contributed by atoms with Crippen LogP contribution in [0.25, 0.3) is 0 Å². The monoisotopic (exact) mass is 588 g/mol. The van der Waals surface area contributed by atoms with E-state index in [0.29, 0.717) is 24.2 Å². The molecule has 0 amide bonds. The molecule has 4 heteroatoms. The van der Waals surface area contributed by atoms with E-state index in [2.05, 4.69) is 169 Å². The van der Waals surface area contributed by atoms with Crippen LogP contribution >= 0.6 is 0 Å². The molecule has 1 saturated heterocycles. The molecule has 4 aromatic carbocycles. The average molecular weight is 589 g/mol. The van der Waals surface area contributed by atoms with E-state index in [-0.39, 0.29) is 0 Å². The van der Waals surface area contributed by atoms with Crippen molar-refractivity contribution in [3.63, 3.8) is 0 Å². The molecule has 0 aromatic heterocycles. The first-order valence-electron chi connectivity index (χ1n) is 16.7. The van der Waals surface area contributed by atoms with Gasteiger partial charge in [0.1, 0.15) is 0 Å². The van der Waals surface area contributed by atoms with Crippen molar-refractivity contribution in [2.24, 2.45) is 0 Å². The minimum atomic E-state index is 0.358. The zero-order valence-corrected chi connectivity index (χ0v) is 27.3. The highest BCUT2D eigenvalue weighted by molar-refractivity contribution is 5.21. The maximum Gasteiger partial charge on any atom is 0.0320 e. The number of benzene rings is 4. The summed E-state index contributed by atoms with van der Waals surface area (Å²) in [5, 5.41) is 0. The van der Waals surface area contributed by atoms with Gasteiger partial charge in [0.15, 0.2) is 0 Å². The molecule has 0 aliphatic carbocycles. The number of hydrogen-bond donors (Lipinski definition) is 0. The van der Waals surface area contributed by atoms with Gasteiger partial charge < -0.3 is 0 Å². The van der Waals surface area contributed by atoms with Crippen LogP contribution in [0.15, 0.2) is 121 Å². The summed E-state index contributed by atoms with van der Waals surface area (Å²) in [6.45, 7) is 17.9. The van der Waals surface area contributed by atoms with E-state index in [0.717, 1.165) is 52.4 Å². The van der Waals surface area contributed by atoms with Crippen LogP contribution in [0, 0.1) is 0 Å². The maximum absolute atomic E-state index is 2.72. The first kappa shape index (κ1) is 32.1. The Labute approximate surface area is 266 Å². The summed E-state index contributed by atoms with van der Waals surface area (Å²) in [7, 11) is 0. The first-order valence-corrected chi connectivity index (χ1v) is 16.7. The van der Waals surface area contributed by atoms with Crippen LogP contribution < -0.4 is 0 Å². The highest BCUT2D eigenvalue weighted by Crippen LogP contribution is 2.27. The predicted molar refractivity (Wildman–Crippen MR) is 186 cm³/mol. The van der Waals surface area contributed by atoms with Gasteiger partial charge in [0.25, 0.3) is 0 Å². The van der Waals surface area contributed by atoms with Crippen LogP contribution in [0.4, 0.5) is 0 Å². The molecule has 0 radical (unpaired) electrons. The van der Waals surface area contributed by atoms with Crippen LogP contribution in [0.2, 0.25) is 0 Å². The number of hydrogen-bond acceptors (Lipinski definition) is 4. The fourth-order valence-corrected chi connectivity index (χ4v) is 6.79. The molecule has 4 unspecified atom stereocenters. The Morgan fingerprint density at radius 3 is 0.614 bits per heavy atom. The molecular formula is C40H52N4. The molecule has 0 spiro atoms. The Balaban J connectivity index is 1.44. The standard InChI is InChI=1S/C40H52N4/c1-33(37-17-9-5-10-18-37)41-25-27-42(34(2)38-19-11-6-12-20-38)29-31-44(36(4)40-23-15-8-16-24-40)32-30-43(28-26-41)35(3)39-21-13-7-14-22-39/h5-24,33-36H,25-32H2,1-4H3. The third-order valence-corrected chi connectivity index (χ3v) is 10.0. The summed E-state index contributed by atoms with van der Waals surface area (Å²) in [5.74, 6) is 0. The van der Waals surface area contributed by atoms with Crippen molar-refractivity contribution in [3.8, 4) is 0 Å². The second-order valence-corrected chi connectivity index (χ2v) is 12.5. The molecule has 1 fully saturated rings. The SMILES string of the molecule is CC(c1ccccc1)N1CCN(C(C)c2ccccc2)CCN(C(C)c2ccccc2)CCN(C(C)c2ccccc2)CC1. The third kappa shape index (κ3) is 8.46. The van der Waals surface area contributed by atoms with Gasteiger partial charge in [-0.2, -0.15) is 0 Å². The Hall–Kier alpha value is -3.28.